The second-order valence-electron chi connectivity index (χ2n) is 4.25. The molecule has 0 bridgehead atoms. The zero-order chi connectivity index (χ0) is 15.9. The SMILES string of the molecule is O=C(N[C@H](CCC(F)(F)F)C(=O)O)OCc1ccccc1. The average molecular weight is 305 g/mol. The van der Waals surface area contributed by atoms with Gasteiger partial charge in [-0.3, -0.25) is 0 Å². The van der Waals surface area contributed by atoms with Crippen LogP contribution in [-0.4, -0.2) is 29.4 Å². The molecule has 5 nitrogen and oxygen atoms in total. The minimum atomic E-state index is -4.48. The molecule has 0 aliphatic rings. The van der Waals surface area contributed by atoms with Crippen LogP contribution >= 0.6 is 0 Å². The summed E-state index contributed by atoms with van der Waals surface area (Å²) >= 11 is 0. The number of carboxylic acid groups (broad SMARTS) is 1. The highest BCUT2D eigenvalue weighted by molar-refractivity contribution is 5.79. The number of hydrogen-bond acceptors (Lipinski definition) is 3. The summed E-state index contributed by atoms with van der Waals surface area (Å²) in [4.78, 5) is 22.2. The van der Waals surface area contributed by atoms with Gasteiger partial charge in [-0.2, -0.15) is 13.2 Å². The second kappa shape index (κ2) is 7.51. The van der Waals surface area contributed by atoms with Gasteiger partial charge >= 0.3 is 18.2 Å². The van der Waals surface area contributed by atoms with Crippen molar-refractivity contribution in [3.63, 3.8) is 0 Å². The Bertz CT molecular complexity index is 476. The monoisotopic (exact) mass is 305 g/mol. The molecule has 0 spiro atoms. The average Bonchev–Trinajstić information content (AvgIpc) is 2.41. The quantitative estimate of drug-likeness (QED) is 0.847. The number of hydrogen-bond donors (Lipinski definition) is 2. The minimum Gasteiger partial charge on any atom is -0.480 e. The van der Waals surface area contributed by atoms with Crippen LogP contribution in [0.4, 0.5) is 18.0 Å². The largest absolute Gasteiger partial charge is 0.480 e. The summed E-state index contributed by atoms with van der Waals surface area (Å²) in [6.07, 6.45) is -7.61. The molecule has 1 aromatic rings. The minimum absolute atomic E-state index is 0.0989. The van der Waals surface area contributed by atoms with Crippen molar-refractivity contribution in [2.45, 2.75) is 31.7 Å². The molecule has 0 radical (unpaired) electrons. The molecule has 1 rings (SSSR count). The Morgan fingerprint density at radius 1 is 1.24 bits per heavy atom. The van der Waals surface area contributed by atoms with Crippen LogP contribution in [0.15, 0.2) is 30.3 Å². The smallest absolute Gasteiger partial charge is 0.408 e. The van der Waals surface area contributed by atoms with Gasteiger partial charge in [-0.15, -0.1) is 0 Å². The van der Waals surface area contributed by atoms with E-state index in [2.05, 4.69) is 0 Å². The van der Waals surface area contributed by atoms with Gasteiger partial charge in [0.25, 0.3) is 0 Å². The van der Waals surface area contributed by atoms with Crippen molar-refractivity contribution in [2.75, 3.05) is 0 Å². The highest BCUT2D eigenvalue weighted by Gasteiger charge is 2.31. The van der Waals surface area contributed by atoms with Crippen LogP contribution in [-0.2, 0) is 16.1 Å². The lowest BCUT2D eigenvalue weighted by atomic mass is 10.1. The number of amides is 1. The lowest BCUT2D eigenvalue weighted by Gasteiger charge is -2.15. The van der Waals surface area contributed by atoms with Gasteiger partial charge in [0.15, 0.2) is 0 Å². The maximum Gasteiger partial charge on any atom is 0.408 e. The highest BCUT2D eigenvalue weighted by atomic mass is 19.4. The fourth-order valence-corrected chi connectivity index (χ4v) is 1.47. The second-order valence-corrected chi connectivity index (χ2v) is 4.25. The molecule has 1 amide bonds. The molecule has 0 aliphatic heterocycles. The predicted molar refractivity (Wildman–Crippen MR) is 66.5 cm³/mol. The molecule has 21 heavy (non-hydrogen) atoms. The zero-order valence-electron chi connectivity index (χ0n) is 10.9. The molecular weight excluding hydrogens is 291 g/mol. The van der Waals surface area contributed by atoms with Crippen molar-refractivity contribution >= 4 is 12.1 Å². The van der Waals surface area contributed by atoms with Crippen molar-refractivity contribution in [1.29, 1.82) is 0 Å². The number of ether oxygens (including phenoxy) is 1. The van der Waals surface area contributed by atoms with Gasteiger partial charge < -0.3 is 15.2 Å². The molecule has 8 heteroatoms. The van der Waals surface area contributed by atoms with Crippen molar-refractivity contribution in [3.05, 3.63) is 35.9 Å². The topological polar surface area (TPSA) is 75.6 Å². The number of nitrogens with one attached hydrogen (secondary N) is 1. The number of carbonyl (C=O) groups excluding carboxylic acids is 1. The lowest BCUT2D eigenvalue weighted by molar-refractivity contribution is -0.145. The third kappa shape index (κ3) is 7.19. The molecule has 2 N–H and O–H groups in total. The molecule has 1 aromatic carbocycles. The van der Waals surface area contributed by atoms with E-state index in [1.807, 2.05) is 5.32 Å². The first kappa shape index (κ1) is 16.8. The number of benzene rings is 1. The van der Waals surface area contributed by atoms with Crippen LogP contribution in [0.5, 0.6) is 0 Å². The first-order valence-electron chi connectivity index (χ1n) is 6.04. The molecule has 0 fully saturated rings. The standard InChI is InChI=1S/C13H14F3NO4/c14-13(15,16)7-6-10(11(18)19)17-12(20)21-8-9-4-2-1-3-5-9/h1-5,10H,6-8H2,(H,17,20)(H,18,19)/t10-/m1/s1. The zero-order valence-corrected chi connectivity index (χ0v) is 10.9. The molecule has 0 saturated carbocycles. The van der Waals surface area contributed by atoms with Crippen LogP contribution in [0.3, 0.4) is 0 Å². The number of alkyl carbamates (subject to hydrolysis) is 1. The fraction of sp³-hybridized carbons (Fsp3) is 0.385. The molecule has 0 saturated heterocycles. The van der Waals surface area contributed by atoms with Crippen molar-refractivity contribution in [2.24, 2.45) is 0 Å². The van der Waals surface area contributed by atoms with Gasteiger partial charge in [-0.25, -0.2) is 9.59 Å². The Hall–Kier alpha value is -2.25. The lowest BCUT2D eigenvalue weighted by Crippen LogP contribution is -2.41. The van der Waals surface area contributed by atoms with Gasteiger partial charge in [0, 0.05) is 6.42 Å². The number of alkyl halides is 3. The number of halogens is 3. The molecule has 0 unspecified atom stereocenters. The van der Waals surface area contributed by atoms with E-state index in [4.69, 9.17) is 9.84 Å². The van der Waals surface area contributed by atoms with E-state index in [0.29, 0.717) is 5.56 Å². The van der Waals surface area contributed by atoms with E-state index in [1.165, 1.54) is 0 Å². The molecule has 0 aromatic heterocycles. The van der Waals surface area contributed by atoms with E-state index in [1.54, 1.807) is 30.3 Å². The molecular formula is C13H14F3NO4. The van der Waals surface area contributed by atoms with Gasteiger partial charge in [-0.1, -0.05) is 30.3 Å². The maximum absolute atomic E-state index is 12.0. The first-order chi connectivity index (χ1) is 9.78. The van der Waals surface area contributed by atoms with Crippen LogP contribution in [0.25, 0.3) is 0 Å². The van der Waals surface area contributed by atoms with Crippen LogP contribution in [0, 0.1) is 0 Å². The van der Waals surface area contributed by atoms with Crippen molar-refractivity contribution < 1.29 is 32.6 Å². The molecule has 1 atom stereocenters. The Balaban J connectivity index is 2.43. The summed E-state index contributed by atoms with van der Waals surface area (Å²) in [5.74, 6) is -1.55. The number of aliphatic carboxylic acids is 1. The van der Waals surface area contributed by atoms with E-state index < -0.39 is 37.1 Å². The van der Waals surface area contributed by atoms with Gasteiger partial charge in [0.05, 0.1) is 0 Å². The van der Waals surface area contributed by atoms with Crippen LogP contribution in [0.1, 0.15) is 18.4 Å². The molecule has 0 aliphatic carbocycles. The molecule has 116 valence electrons. The molecule has 0 heterocycles. The van der Waals surface area contributed by atoms with E-state index >= 15 is 0 Å². The maximum atomic E-state index is 12.0. The van der Waals surface area contributed by atoms with Crippen LogP contribution < -0.4 is 5.32 Å². The normalized spacial score (nSPS) is 12.5. The van der Waals surface area contributed by atoms with Crippen LogP contribution in [0.2, 0.25) is 0 Å². The summed E-state index contributed by atoms with van der Waals surface area (Å²) in [5, 5.41) is 10.7. The number of carboxylic acids is 1. The fourth-order valence-electron chi connectivity index (χ4n) is 1.47. The Morgan fingerprint density at radius 2 is 1.86 bits per heavy atom. The summed E-state index contributed by atoms with van der Waals surface area (Å²) < 4.78 is 40.9. The number of rotatable bonds is 6. The van der Waals surface area contributed by atoms with Crippen molar-refractivity contribution in [3.8, 4) is 0 Å². The van der Waals surface area contributed by atoms with Crippen molar-refractivity contribution in [1.82, 2.24) is 5.32 Å². The highest BCUT2D eigenvalue weighted by Crippen LogP contribution is 2.22. The Labute approximate surface area is 118 Å². The summed E-state index contributed by atoms with van der Waals surface area (Å²) in [6.45, 7) is -0.0989. The Kier molecular flexibility index (Phi) is 6.01. The predicted octanol–water partition coefficient (Wildman–Crippen LogP) is 2.71. The summed E-state index contributed by atoms with van der Waals surface area (Å²) in [7, 11) is 0. The first-order valence-corrected chi connectivity index (χ1v) is 6.04. The van der Waals surface area contributed by atoms with Gasteiger partial charge in [0.2, 0.25) is 0 Å². The van der Waals surface area contributed by atoms with E-state index in [-0.39, 0.29) is 6.61 Å². The summed E-state index contributed by atoms with van der Waals surface area (Å²) in [6, 6.07) is 6.94. The third-order valence-electron chi connectivity index (χ3n) is 2.52. The van der Waals surface area contributed by atoms with E-state index in [9.17, 15) is 22.8 Å². The summed E-state index contributed by atoms with van der Waals surface area (Å²) in [5.41, 5.74) is 0.676. The third-order valence-corrected chi connectivity index (χ3v) is 2.52. The van der Waals surface area contributed by atoms with Gasteiger partial charge in [0.1, 0.15) is 12.6 Å². The van der Waals surface area contributed by atoms with E-state index in [0.717, 1.165) is 0 Å². The van der Waals surface area contributed by atoms with Gasteiger partial charge in [-0.05, 0) is 12.0 Å². The number of carbonyl (C=O) groups is 2. The Morgan fingerprint density at radius 3 is 2.38 bits per heavy atom.